The maximum absolute atomic E-state index is 2.50. The molecule has 0 aromatic heterocycles. The fraction of sp³-hybridized carbons (Fsp3) is 0.184. The summed E-state index contributed by atoms with van der Waals surface area (Å²) in [6, 6.07) is 48.8. The monoisotopic (exact) mass is 630 g/mol. The summed E-state index contributed by atoms with van der Waals surface area (Å²) in [5, 5.41) is 5.28. The number of aryl methyl sites for hydroxylation is 1. The molecule has 9 rings (SSSR count). The molecule has 0 N–H and O–H groups in total. The zero-order chi connectivity index (χ0) is 33.5. The first-order chi connectivity index (χ1) is 23.8. The lowest BCUT2D eigenvalue weighted by atomic mass is 9.79. The molecule has 0 unspecified atom stereocenters. The second-order valence-electron chi connectivity index (χ2n) is 15.1. The van der Waals surface area contributed by atoms with Crippen molar-refractivity contribution >= 4 is 21.5 Å². The largest absolute Gasteiger partial charge is 0.0917 e. The normalized spacial score (nSPS) is 15.0. The molecule has 0 radical (unpaired) electrons. The summed E-state index contributed by atoms with van der Waals surface area (Å²) in [4.78, 5) is 0. The first-order valence-electron chi connectivity index (χ1n) is 17.9. The van der Waals surface area contributed by atoms with Crippen molar-refractivity contribution < 1.29 is 0 Å². The van der Waals surface area contributed by atoms with E-state index in [1.807, 2.05) is 0 Å². The molecule has 0 saturated carbocycles. The van der Waals surface area contributed by atoms with Crippen LogP contribution in [0.1, 0.15) is 68.9 Å². The summed E-state index contributed by atoms with van der Waals surface area (Å²) < 4.78 is 0. The number of benzene rings is 7. The lowest BCUT2D eigenvalue weighted by molar-refractivity contribution is 0.660. The highest BCUT2D eigenvalue weighted by molar-refractivity contribution is 6.21. The van der Waals surface area contributed by atoms with Gasteiger partial charge in [-0.15, -0.1) is 0 Å². The van der Waals surface area contributed by atoms with Gasteiger partial charge in [-0.3, -0.25) is 0 Å². The summed E-state index contributed by atoms with van der Waals surface area (Å²) in [5.74, 6) is 0. The standard InChI is InChI=1S/C49H42/c1-6-7-8-15-31-22-25-40-41(28-31)47(33-24-27-37-35-17-12-14-21-43(35)49(4,5)45(37)30-33)39-19-10-9-18-38(39)46(40)32-23-26-36-34-16-11-13-20-42(34)48(2,3)44(36)29-32/h6-7,9-14,16-30H,8,15H2,1-5H3. The molecule has 7 aromatic rings. The van der Waals surface area contributed by atoms with Crippen LogP contribution in [0.4, 0.5) is 0 Å². The predicted octanol–water partition coefficient (Wildman–Crippen LogP) is 13.4. The van der Waals surface area contributed by atoms with Crippen molar-refractivity contribution in [1.82, 2.24) is 0 Å². The predicted molar refractivity (Wildman–Crippen MR) is 211 cm³/mol. The minimum absolute atomic E-state index is 0.0533. The molecule has 0 nitrogen and oxygen atoms in total. The molecule has 49 heavy (non-hydrogen) atoms. The average Bonchev–Trinajstić information content (AvgIpc) is 3.49. The van der Waals surface area contributed by atoms with E-state index in [1.165, 1.54) is 93.9 Å². The fourth-order valence-corrected chi connectivity index (χ4v) is 9.14. The van der Waals surface area contributed by atoms with Crippen molar-refractivity contribution in [2.24, 2.45) is 0 Å². The van der Waals surface area contributed by atoms with Crippen molar-refractivity contribution in [3.63, 3.8) is 0 Å². The summed E-state index contributed by atoms with van der Waals surface area (Å²) >= 11 is 0. The molecular formula is C49H42. The molecule has 0 spiro atoms. The summed E-state index contributed by atoms with van der Waals surface area (Å²) in [5.41, 5.74) is 17.7. The molecular weight excluding hydrogens is 589 g/mol. The van der Waals surface area contributed by atoms with Gasteiger partial charge in [0.1, 0.15) is 0 Å². The van der Waals surface area contributed by atoms with Crippen molar-refractivity contribution in [2.75, 3.05) is 0 Å². The topological polar surface area (TPSA) is 0 Å². The molecule has 0 saturated heterocycles. The van der Waals surface area contributed by atoms with Gasteiger partial charge in [-0.2, -0.15) is 0 Å². The number of hydrogen-bond acceptors (Lipinski definition) is 0. The molecule has 0 heteroatoms. The van der Waals surface area contributed by atoms with Gasteiger partial charge < -0.3 is 0 Å². The Labute approximate surface area is 290 Å². The first kappa shape index (κ1) is 29.9. The highest BCUT2D eigenvalue weighted by Crippen LogP contribution is 2.53. The second-order valence-corrected chi connectivity index (χ2v) is 15.1. The highest BCUT2D eigenvalue weighted by Gasteiger charge is 2.37. The van der Waals surface area contributed by atoms with Crippen LogP contribution in [0, 0.1) is 0 Å². The molecule has 0 fully saturated rings. The Hall–Kier alpha value is -5.20. The third-order valence-corrected chi connectivity index (χ3v) is 11.7. The van der Waals surface area contributed by atoms with Gasteiger partial charge in [0.15, 0.2) is 0 Å². The zero-order valence-corrected chi connectivity index (χ0v) is 29.2. The maximum atomic E-state index is 2.50. The van der Waals surface area contributed by atoms with Gasteiger partial charge in [0.2, 0.25) is 0 Å². The van der Waals surface area contributed by atoms with E-state index in [2.05, 4.69) is 174 Å². The van der Waals surface area contributed by atoms with Gasteiger partial charge in [0.05, 0.1) is 0 Å². The Bertz CT molecular complexity index is 2500. The maximum Gasteiger partial charge on any atom is 0.0159 e. The Kier molecular flexibility index (Phi) is 6.66. The van der Waals surface area contributed by atoms with E-state index in [1.54, 1.807) is 0 Å². The Morgan fingerprint density at radius 3 is 1.47 bits per heavy atom. The van der Waals surface area contributed by atoms with Crippen LogP contribution in [0.15, 0.2) is 140 Å². The lowest BCUT2D eigenvalue weighted by Crippen LogP contribution is -2.15. The van der Waals surface area contributed by atoms with E-state index in [0.717, 1.165) is 12.8 Å². The van der Waals surface area contributed by atoms with E-state index in [0.29, 0.717) is 0 Å². The van der Waals surface area contributed by atoms with E-state index in [4.69, 9.17) is 0 Å². The molecule has 238 valence electrons. The van der Waals surface area contributed by atoms with Gasteiger partial charge in [-0.25, -0.2) is 0 Å². The molecule has 0 bridgehead atoms. The van der Waals surface area contributed by atoms with Crippen LogP contribution >= 0.6 is 0 Å². The quantitative estimate of drug-likeness (QED) is 0.131. The molecule has 0 heterocycles. The van der Waals surface area contributed by atoms with Crippen molar-refractivity contribution in [3.8, 4) is 44.5 Å². The van der Waals surface area contributed by atoms with Crippen molar-refractivity contribution in [1.29, 1.82) is 0 Å². The van der Waals surface area contributed by atoms with E-state index in [9.17, 15) is 0 Å². The van der Waals surface area contributed by atoms with Crippen molar-refractivity contribution in [2.45, 2.75) is 58.3 Å². The zero-order valence-electron chi connectivity index (χ0n) is 29.2. The number of fused-ring (bicyclic) bond motifs is 8. The SMILES string of the molecule is CC=CCCc1ccc2c(-c3ccc4c(c3)C(C)(C)c3ccccc3-4)c3ccccc3c(-c3ccc4c(c3)C(C)(C)c3ccccc3-4)c2c1. The molecule has 0 atom stereocenters. The minimum Gasteiger partial charge on any atom is -0.0917 e. The van der Waals surface area contributed by atoms with Gasteiger partial charge in [-0.05, 0) is 126 Å². The molecule has 0 aliphatic heterocycles. The van der Waals surface area contributed by atoms with Gasteiger partial charge in [0.25, 0.3) is 0 Å². The average molecular weight is 631 g/mol. The molecule has 7 aromatic carbocycles. The Morgan fingerprint density at radius 2 is 0.918 bits per heavy atom. The van der Waals surface area contributed by atoms with Crippen LogP contribution in [0.3, 0.4) is 0 Å². The molecule has 2 aliphatic carbocycles. The van der Waals surface area contributed by atoms with E-state index in [-0.39, 0.29) is 10.8 Å². The van der Waals surface area contributed by atoms with Gasteiger partial charge in [0, 0.05) is 10.8 Å². The Balaban J connectivity index is 1.32. The fourth-order valence-electron chi connectivity index (χ4n) is 9.14. The number of rotatable bonds is 5. The Morgan fingerprint density at radius 1 is 0.449 bits per heavy atom. The molecule has 2 aliphatic rings. The smallest absolute Gasteiger partial charge is 0.0159 e. The highest BCUT2D eigenvalue weighted by atomic mass is 14.4. The second kappa shape index (κ2) is 10.9. The minimum atomic E-state index is -0.0556. The molecule has 0 amide bonds. The first-order valence-corrected chi connectivity index (χ1v) is 17.9. The summed E-state index contributed by atoms with van der Waals surface area (Å²) in [6.07, 6.45) is 6.51. The van der Waals surface area contributed by atoms with E-state index >= 15 is 0 Å². The lowest BCUT2D eigenvalue weighted by Gasteiger charge is -2.24. The van der Waals surface area contributed by atoms with Crippen molar-refractivity contribution in [3.05, 3.63) is 167 Å². The van der Waals surface area contributed by atoms with Crippen LogP contribution in [0.25, 0.3) is 66.1 Å². The van der Waals surface area contributed by atoms with Gasteiger partial charge in [-0.1, -0.05) is 155 Å². The van der Waals surface area contributed by atoms with Crippen LogP contribution in [0.5, 0.6) is 0 Å². The van der Waals surface area contributed by atoms with E-state index < -0.39 is 0 Å². The number of hydrogen-bond donors (Lipinski definition) is 0. The number of allylic oxidation sites excluding steroid dienone is 2. The summed E-state index contributed by atoms with van der Waals surface area (Å²) in [6.45, 7) is 11.6. The van der Waals surface area contributed by atoms with Crippen LogP contribution < -0.4 is 0 Å². The van der Waals surface area contributed by atoms with Crippen LogP contribution in [0.2, 0.25) is 0 Å². The third kappa shape index (κ3) is 4.36. The third-order valence-electron chi connectivity index (χ3n) is 11.7. The van der Waals surface area contributed by atoms with Crippen LogP contribution in [-0.2, 0) is 17.3 Å². The summed E-state index contributed by atoms with van der Waals surface area (Å²) in [7, 11) is 0. The van der Waals surface area contributed by atoms with Crippen LogP contribution in [-0.4, -0.2) is 0 Å². The van der Waals surface area contributed by atoms with Gasteiger partial charge >= 0.3 is 0 Å².